The molecule has 0 bridgehead atoms. The van der Waals surface area contributed by atoms with E-state index in [2.05, 4.69) is 0 Å². The number of rotatable bonds is 4. The summed E-state index contributed by atoms with van der Waals surface area (Å²) in [7, 11) is 3.92. The molecule has 0 fully saturated rings. The van der Waals surface area contributed by atoms with E-state index in [1.807, 2.05) is 25.4 Å². The van der Waals surface area contributed by atoms with Crippen molar-refractivity contribution in [3.05, 3.63) is 41.8 Å². The fourth-order valence-corrected chi connectivity index (χ4v) is 1.18. The van der Waals surface area contributed by atoms with Gasteiger partial charge in [-0.05, 0) is 51.2 Å². The molecule has 0 aliphatic carbocycles. The maximum Gasteiger partial charge on any atom is 0.126 e. The summed E-state index contributed by atoms with van der Waals surface area (Å²) in [6.45, 7) is 0.873. The van der Waals surface area contributed by atoms with Crippen LogP contribution in [0.25, 0.3) is 0 Å². The van der Waals surface area contributed by atoms with E-state index in [4.69, 9.17) is 0 Å². The number of benzene rings is 1. The minimum atomic E-state index is -0.527. The quantitative estimate of drug-likeness (QED) is 0.718. The van der Waals surface area contributed by atoms with Gasteiger partial charge in [0.25, 0.3) is 0 Å². The Kier molecular flexibility index (Phi) is 4.01. The molecule has 0 amide bonds. The molecule has 3 heteroatoms. The fraction of sp³-hybridized carbons (Fsp3) is 0.364. The van der Waals surface area contributed by atoms with Gasteiger partial charge in [-0.25, -0.2) is 8.78 Å². The second-order valence-corrected chi connectivity index (χ2v) is 3.50. The molecule has 0 N–H and O–H groups in total. The summed E-state index contributed by atoms with van der Waals surface area (Å²) in [5.41, 5.74) is 0.601. The molecule has 0 unspecified atom stereocenters. The van der Waals surface area contributed by atoms with E-state index in [-0.39, 0.29) is 0 Å². The maximum absolute atomic E-state index is 12.7. The van der Waals surface area contributed by atoms with Gasteiger partial charge >= 0.3 is 0 Å². The zero-order chi connectivity index (χ0) is 10.6. The van der Waals surface area contributed by atoms with Crippen molar-refractivity contribution in [2.75, 3.05) is 20.6 Å². The van der Waals surface area contributed by atoms with Crippen LogP contribution < -0.4 is 0 Å². The maximum atomic E-state index is 12.7. The largest absolute Gasteiger partial charge is 0.309 e. The number of hydrogen-bond acceptors (Lipinski definition) is 1. The van der Waals surface area contributed by atoms with Crippen LogP contribution in [0.15, 0.2) is 18.2 Å². The van der Waals surface area contributed by atoms with Crippen LogP contribution in [-0.2, 0) is 0 Å². The molecule has 1 radical (unpaired) electrons. The first kappa shape index (κ1) is 11.1. The molecule has 1 aromatic rings. The first-order valence-corrected chi connectivity index (χ1v) is 4.52. The topological polar surface area (TPSA) is 3.24 Å². The first-order chi connectivity index (χ1) is 6.58. The van der Waals surface area contributed by atoms with E-state index in [1.165, 1.54) is 12.1 Å². The van der Waals surface area contributed by atoms with Gasteiger partial charge in [-0.3, -0.25) is 0 Å². The van der Waals surface area contributed by atoms with E-state index >= 15 is 0 Å². The van der Waals surface area contributed by atoms with Crippen LogP contribution in [0.3, 0.4) is 0 Å². The number of hydrogen-bond donors (Lipinski definition) is 0. The standard InChI is InChI=1S/C11H14F2N/c1-14(2)5-3-4-9-6-10(12)8-11(13)7-9/h4,6-8H,3,5H2,1-2H3. The Hall–Kier alpha value is -0.960. The molecule has 0 saturated carbocycles. The van der Waals surface area contributed by atoms with Gasteiger partial charge in [0.15, 0.2) is 0 Å². The molecule has 0 spiro atoms. The average Bonchev–Trinajstić information content (AvgIpc) is 2.01. The normalized spacial score (nSPS) is 10.9. The van der Waals surface area contributed by atoms with Crippen LogP contribution in [-0.4, -0.2) is 25.5 Å². The van der Waals surface area contributed by atoms with Crippen molar-refractivity contribution in [3.8, 4) is 0 Å². The molecule has 77 valence electrons. The summed E-state index contributed by atoms with van der Waals surface area (Å²) in [5, 5.41) is 0. The lowest BCUT2D eigenvalue weighted by atomic mass is 10.1. The predicted molar refractivity (Wildman–Crippen MR) is 52.9 cm³/mol. The minimum absolute atomic E-state index is 0.527. The Balaban J connectivity index is 2.50. The highest BCUT2D eigenvalue weighted by molar-refractivity contribution is 5.24. The highest BCUT2D eigenvalue weighted by Gasteiger charge is 2.00. The second kappa shape index (κ2) is 5.05. The average molecular weight is 198 g/mol. The third-order valence-corrected chi connectivity index (χ3v) is 1.84. The first-order valence-electron chi connectivity index (χ1n) is 4.52. The van der Waals surface area contributed by atoms with Gasteiger partial charge in [-0.1, -0.05) is 0 Å². The van der Waals surface area contributed by atoms with Crippen LogP contribution in [0.4, 0.5) is 8.78 Å². The molecule has 0 aliphatic heterocycles. The van der Waals surface area contributed by atoms with Gasteiger partial charge < -0.3 is 4.90 Å². The van der Waals surface area contributed by atoms with Crippen LogP contribution in [0.2, 0.25) is 0 Å². The molecule has 0 aromatic heterocycles. The van der Waals surface area contributed by atoms with Crippen molar-refractivity contribution in [2.24, 2.45) is 0 Å². The summed E-state index contributed by atoms with van der Waals surface area (Å²) in [4.78, 5) is 2.02. The monoisotopic (exact) mass is 198 g/mol. The summed E-state index contributed by atoms with van der Waals surface area (Å²) >= 11 is 0. The van der Waals surface area contributed by atoms with Crippen LogP contribution in [0.5, 0.6) is 0 Å². The molecule has 1 aromatic carbocycles. The van der Waals surface area contributed by atoms with E-state index in [1.54, 1.807) is 0 Å². The van der Waals surface area contributed by atoms with Crippen LogP contribution in [0, 0.1) is 18.1 Å². The molecule has 14 heavy (non-hydrogen) atoms. The fourth-order valence-electron chi connectivity index (χ4n) is 1.18. The van der Waals surface area contributed by atoms with Gasteiger partial charge in [0.05, 0.1) is 0 Å². The summed E-state index contributed by atoms with van der Waals surface area (Å²) in [6.07, 6.45) is 2.61. The third-order valence-electron chi connectivity index (χ3n) is 1.84. The summed E-state index contributed by atoms with van der Waals surface area (Å²) in [5.74, 6) is -1.05. The predicted octanol–water partition coefficient (Wildman–Crippen LogP) is 2.47. The lowest BCUT2D eigenvalue weighted by molar-refractivity contribution is 0.413. The smallest absolute Gasteiger partial charge is 0.126 e. The Morgan fingerprint density at radius 3 is 2.21 bits per heavy atom. The van der Waals surface area contributed by atoms with Gasteiger partial charge in [-0.2, -0.15) is 0 Å². The summed E-state index contributed by atoms with van der Waals surface area (Å²) in [6, 6.07) is 3.54. The van der Waals surface area contributed by atoms with E-state index in [0.29, 0.717) is 5.56 Å². The van der Waals surface area contributed by atoms with Gasteiger partial charge in [0.1, 0.15) is 11.6 Å². The zero-order valence-electron chi connectivity index (χ0n) is 8.43. The van der Waals surface area contributed by atoms with Gasteiger partial charge in [0.2, 0.25) is 0 Å². The van der Waals surface area contributed by atoms with E-state index in [9.17, 15) is 8.78 Å². The lowest BCUT2D eigenvalue weighted by Crippen LogP contribution is -2.12. The Morgan fingerprint density at radius 1 is 1.14 bits per heavy atom. The number of halogens is 2. The van der Waals surface area contributed by atoms with Gasteiger partial charge in [0, 0.05) is 6.07 Å². The highest BCUT2D eigenvalue weighted by Crippen LogP contribution is 2.11. The van der Waals surface area contributed by atoms with Crippen LogP contribution in [0.1, 0.15) is 12.0 Å². The molecule has 1 nitrogen and oxygen atoms in total. The molecular weight excluding hydrogens is 184 g/mol. The number of nitrogens with zero attached hydrogens (tertiary/aromatic N) is 1. The molecule has 1 rings (SSSR count). The molecule has 0 atom stereocenters. The van der Waals surface area contributed by atoms with Crippen molar-refractivity contribution in [1.29, 1.82) is 0 Å². The Bertz CT molecular complexity index is 277. The van der Waals surface area contributed by atoms with Crippen molar-refractivity contribution < 1.29 is 8.78 Å². The molecule has 0 heterocycles. The van der Waals surface area contributed by atoms with Crippen molar-refractivity contribution in [3.63, 3.8) is 0 Å². The molecular formula is C11H14F2N. The van der Waals surface area contributed by atoms with Crippen molar-refractivity contribution >= 4 is 0 Å². The van der Waals surface area contributed by atoms with E-state index < -0.39 is 11.6 Å². The second-order valence-electron chi connectivity index (χ2n) is 3.50. The molecule has 0 aliphatic rings. The lowest BCUT2D eigenvalue weighted by Gasteiger charge is -2.08. The van der Waals surface area contributed by atoms with Gasteiger partial charge in [-0.15, -0.1) is 0 Å². The zero-order valence-corrected chi connectivity index (χ0v) is 8.43. The molecule has 0 saturated heterocycles. The van der Waals surface area contributed by atoms with E-state index in [0.717, 1.165) is 19.0 Å². The highest BCUT2D eigenvalue weighted by atomic mass is 19.1. The van der Waals surface area contributed by atoms with Crippen molar-refractivity contribution in [2.45, 2.75) is 6.42 Å². The Morgan fingerprint density at radius 2 is 1.71 bits per heavy atom. The summed E-state index contributed by atoms with van der Waals surface area (Å²) < 4.78 is 25.5. The minimum Gasteiger partial charge on any atom is -0.309 e. The third kappa shape index (κ3) is 3.83. The van der Waals surface area contributed by atoms with Crippen LogP contribution >= 0.6 is 0 Å². The Labute approximate surface area is 83.3 Å². The SMILES string of the molecule is CN(C)CC[CH]c1cc(F)cc(F)c1. The van der Waals surface area contributed by atoms with Crippen molar-refractivity contribution in [1.82, 2.24) is 4.90 Å².